The van der Waals surface area contributed by atoms with E-state index in [4.69, 9.17) is 14.2 Å². The van der Waals surface area contributed by atoms with Gasteiger partial charge in [-0.1, -0.05) is 44.9 Å². The molecular formula is C27H37NO3. The highest BCUT2D eigenvalue weighted by Gasteiger charge is 2.21. The number of ether oxygens (including phenoxy) is 3. The summed E-state index contributed by atoms with van der Waals surface area (Å²) in [6.45, 7) is 8.93. The molecule has 0 fully saturated rings. The fourth-order valence-corrected chi connectivity index (χ4v) is 3.79. The molecule has 1 unspecified atom stereocenters. The third kappa shape index (κ3) is 6.27. The summed E-state index contributed by atoms with van der Waals surface area (Å²) in [5.74, 6) is 2.60. The van der Waals surface area contributed by atoms with Crippen molar-refractivity contribution in [3.63, 3.8) is 0 Å². The van der Waals surface area contributed by atoms with Gasteiger partial charge in [0.2, 0.25) is 0 Å². The predicted molar refractivity (Wildman–Crippen MR) is 128 cm³/mol. The van der Waals surface area contributed by atoms with Crippen molar-refractivity contribution in [3.05, 3.63) is 58.7 Å². The summed E-state index contributed by atoms with van der Waals surface area (Å²) in [7, 11) is 1.71. The number of nitrogens with one attached hydrogen (secondary N) is 1. The Balaban J connectivity index is 1.79. The van der Waals surface area contributed by atoms with Gasteiger partial charge in [-0.25, -0.2) is 0 Å². The number of fused-ring (bicyclic) bond motifs is 1. The van der Waals surface area contributed by atoms with E-state index in [1.807, 2.05) is 0 Å². The van der Waals surface area contributed by atoms with Crippen molar-refractivity contribution in [2.24, 2.45) is 0 Å². The van der Waals surface area contributed by atoms with Gasteiger partial charge in [0.25, 0.3) is 0 Å². The Morgan fingerprint density at radius 3 is 2.52 bits per heavy atom. The maximum atomic E-state index is 5.99. The van der Waals surface area contributed by atoms with Crippen LogP contribution in [-0.4, -0.2) is 26.9 Å². The second-order valence-electron chi connectivity index (χ2n) is 8.17. The predicted octanol–water partition coefficient (Wildman–Crippen LogP) is 6.26. The molecule has 31 heavy (non-hydrogen) atoms. The van der Waals surface area contributed by atoms with Gasteiger partial charge in [0.15, 0.2) is 11.5 Å². The van der Waals surface area contributed by atoms with E-state index >= 15 is 0 Å². The fourth-order valence-electron chi connectivity index (χ4n) is 3.79. The number of unbranched alkanes of at least 4 members (excludes halogenated alkanes) is 2. The van der Waals surface area contributed by atoms with Crippen LogP contribution >= 0.6 is 0 Å². The number of methoxy groups -OCH3 is 1. The Kier molecular flexibility index (Phi) is 8.84. The molecule has 2 aromatic carbocycles. The van der Waals surface area contributed by atoms with Crippen LogP contribution in [0.1, 0.15) is 67.8 Å². The molecule has 0 aromatic heterocycles. The van der Waals surface area contributed by atoms with Gasteiger partial charge in [0, 0.05) is 6.54 Å². The second kappa shape index (κ2) is 11.8. The largest absolute Gasteiger partial charge is 0.494 e. The van der Waals surface area contributed by atoms with Crippen LogP contribution in [0.5, 0.6) is 17.2 Å². The number of aryl methyl sites for hydroxylation is 1. The van der Waals surface area contributed by atoms with Crippen LogP contribution < -0.4 is 19.5 Å². The van der Waals surface area contributed by atoms with Crippen LogP contribution in [0.15, 0.2) is 36.4 Å². The molecule has 0 amide bonds. The first kappa shape index (κ1) is 23.2. The number of hydrogen-bond acceptors (Lipinski definition) is 4. The lowest BCUT2D eigenvalue weighted by Gasteiger charge is -2.26. The highest BCUT2D eigenvalue weighted by molar-refractivity contribution is 5.58. The Morgan fingerprint density at radius 2 is 1.77 bits per heavy atom. The summed E-state index contributed by atoms with van der Waals surface area (Å²) in [6, 6.07) is 10.8. The molecule has 0 saturated carbocycles. The molecule has 1 atom stereocenters. The molecule has 4 heteroatoms. The fraction of sp³-hybridized carbons (Fsp3) is 0.481. The van der Waals surface area contributed by atoms with Gasteiger partial charge in [0.05, 0.1) is 26.4 Å². The third-order valence-electron chi connectivity index (χ3n) is 5.76. The van der Waals surface area contributed by atoms with Gasteiger partial charge in [-0.15, -0.1) is 0 Å². The average molecular weight is 424 g/mol. The van der Waals surface area contributed by atoms with E-state index in [0.29, 0.717) is 0 Å². The van der Waals surface area contributed by atoms with E-state index in [1.165, 1.54) is 22.3 Å². The molecule has 0 spiro atoms. The van der Waals surface area contributed by atoms with Crippen LogP contribution in [-0.2, 0) is 6.42 Å². The van der Waals surface area contributed by atoms with Gasteiger partial charge in [-0.2, -0.15) is 0 Å². The van der Waals surface area contributed by atoms with Crippen molar-refractivity contribution in [2.75, 3.05) is 26.9 Å². The van der Waals surface area contributed by atoms with E-state index in [0.717, 1.165) is 69.1 Å². The molecule has 0 aliphatic carbocycles. The zero-order chi connectivity index (χ0) is 22.1. The normalized spacial score (nSPS) is 15.7. The molecule has 0 radical (unpaired) electrons. The van der Waals surface area contributed by atoms with Crippen molar-refractivity contribution in [1.82, 2.24) is 5.32 Å². The lowest BCUT2D eigenvalue weighted by atomic mass is 9.92. The monoisotopic (exact) mass is 423 g/mol. The Labute approximate surface area is 187 Å². The lowest BCUT2D eigenvalue weighted by molar-refractivity contribution is 0.287. The maximum Gasteiger partial charge on any atom is 0.161 e. The first-order valence-electron chi connectivity index (χ1n) is 11.6. The van der Waals surface area contributed by atoms with Crippen LogP contribution in [0.25, 0.3) is 6.08 Å². The molecular weight excluding hydrogens is 386 g/mol. The lowest BCUT2D eigenvalue weighted by Crippen LogP contribution is -2.28. The Morgan fingerprint density at radius 1 is 1.00 bits per heavy atom. The first-order chi connectivity index (χ1) is 15.2. The molecule has 4 nitrogen and oxygen atoms in total. The maximum absolute atomic E-state index is 5.99. The standard InChI is InChI=1S/C27H37NO3/c1-5-7-15-30-23-11-9-20(3)21(17-23)10-12-25-24-19-26(29-4)27(31-16-8-6-2)18-22(24)13-14-28-25/h9-12,17-19,25,28H,5-8,13-16H2,1-4H3/b12-10+. The molecule has 0 saturated heterocycles. The van der Waals surface area contributed by atoms with Crippen molar-refractivity contribution in [2.45, 2.75) is 58.9 Å². The Hall–Kier alpha value is -2.46. The van der Waals surface area contributed by atoms with Gasteiger partial charge in [-0.05, 0) is 72.7 Å². The van der Waals surface area contributed by atoms with E-state index in [2.05, 4.69) is 68.6 Å². The average Bonchev–Trinajstić information content (AvgIpc) is 2.79. The first-order valence-corrected chi connectivity index (χ1v) is 11.6. The SMILES string of the molecule is CCCCOc1ccc(C)c(/C=C/C2NCCc3cc(OCCCC)c(OC)cc32)c1. The van der Waals surface area contributed by atoms with E-state index < -0.39 is 0 Å². The molecule has 1 aliphatic rings. The number of benzene rings is 2. The van der Waals surface area contributed by atoms with Crippen LogP contribution in [0.2, 0.25) is 0 Å². The highest BCUT2D eigenvalue weighted by atomic mass is 16.5. The van der Waals surface area contributed by atoms with Crippen molar-refractivity contribution in [1.29, 1.82) is 0 Å². The zero-order valence-corrected chi connectivity index (χ0v) is 19.5. The molecule has 2 aromatic rings. The molecule has 0 bridgehead atoms. The Bertz CT molecular complexity index is 875. The van der Waals surface area contributed by atoms with E-state index in [1.54, 1.807) is 7.11 Å². The zero-order valence-electron chi connectivity index (χ0n) is 19.5. The minimum absolute atomic E-state index is 0.145. The third-order valence-corrected chi connectivity index (χ3v) is 5.76. The molecule has 168 valence electrons. The topological polar surface area (TPSA) is 39.7 Å². The number of hydrogen-bond donors (Lipinski definition) is 1. The quantitative estimate of drug-likeness (QED) is 0.433. The summed E-state index contributed by atoms with van der Waals surface area (Å²) < 4.78 is 17.5. The molecule has 3 rings (SSSR count). The van der Waals surface area contributed by atoms with Gasteiger partial charge in [0.1, 0.15) is 5.75 Å². The minimum atomic E-state index is 0.145. The van der Waals surface area contributed by atoms with E-state index in [-0.39, 0.29) is 6.04 Å². The highest BCUT2D eigenvalue weighted by Crippen LogP contribution is 2.36. The van der Waals surface area contributed by atoms with Gasteiger partial charge in [-0.3, -0.25) is 0 Å². The summed E-state index contributed by atoms with van der Waals surface area (Å²) in [5.41, 5.74) is 5.02. The summed E-state index contributed by atoms with van der Waals surface area (Å²) in [5, 5.41) is 3.63. The molecule has 1 heterocycles. The van der Waals surface area contributed by atoms with Gasteiger partial charge >= 0.3 is 0 Å². The van der Waals surface area contributed by atoms with Crippen molar-refractivity contribution < 1.29 is 14.2 Å². The summed E-state index contributed by atoms with van der Waals surface area (Å²) in [6.07, 6.45) is 9.82. The van der Waals surface area contributed by atoms with Crippen LogP contribution in [0.4, 0.5) is 0 Å². The summed E-state index contributed by atoms with van der Waals surface area (Å²) in [4.78, 5) is 0. The number of rotatable bonds is 11. The van der Waals surface area contributed by atoms with Crippen molar-refractivity contribution >= 4 is 6.08 Å². The van der Waals surface area contributed by atoms with Crippen LogP contribution in [0.3, 0.4) is 0 Å². The van der Waals surface area contributed by atoms with E-state index in [9.17, 15) is 0 Å². The van der Waals surface area contributed by atoms with Crippen molar-refractivity contribution in [3.8, 4) is 17.2 Å². The van der Waals surface area contributed by atoms with Crippen LogP contribution in [0, 0.1) is 6.92 Å². The summed E-state index contributed by atoms with van der Waals surface area (Å²) >= 11 is 0. The van der Waals surface area contributed by atoms with Gasteiger partial charge < -0.3 is 19.5 Å². The smallest absolute Gasteiger partial charge is 0.161 e. The minimum Gasteiger partial charge on any atom is -0.494 e. The second-order valence-corrected chi connectivity index (χ2v) is 8.17. The molecule has 1 N–H and O–H groups in total. The molecule has 1 aliphatic heterocycles.